The predicted octanol–water partition coefficient (Wildman–Crippen LogP) is 0.797. The third-order valence-electron chi connectivity index (χ3n) is 3.93. The Balaban J connectivity index is 1.64. The molecule has 1 aromatic carbocycles. The number of benzene rings is 1. The monoisotopic (exact) mass is 364 g/mol. The minimum absolute atomic E-state index is 0.0342. The first-order valence-corrected chi connectivity index (χ1v) is 9.51. The molecule has 3 N–H and O–H groups in total. The van der Waals surface area contributed by atoms with Crippen molar-refractivity contribution >= 4 is 15.9 Å². The van der Waals surface area contributed by atoms with Crippen LogP contribution in [0.15, 0.2) is 41.4 Å². The second kappa shape index (κ2) is 7.77. The number of hydrogen-bond acceptors (Lipinski definition) is 5. The summed E-state index contributed by atoms with van der Waals surface area (Å²) >= 11 is 0. The highest BCUT2D eigenvalue weighted by atomic mass is 32.2. The third-order valence-corrected chi connectivity index (χ3v) is 5.33. The molecule has 1 aliphatic rings. The van der Waals surface area contributed by atoms with Crippen LogP contribution in [0.4, 0.5) is 0 Å². The van der Waals surface area contributed by atoms with E-state index in [4.69, 9.17) is 4.74 Å². The van der Waals surface area contributed by atoms with Crippen LogP contribution in [0.2, 0.25) is 0 Å². The molecule has 1 aliphatic heterocycles. The molecule has 0 spiro atoms. The topological polar surface area (TPSA) is 113 Å². The van der Waals surface area contributed by atoms with Crippen molar-refractivity contribution in [3.63, 3.8) is 0 Å². The fraction of sp³-hybridized carbons (Fsp3) is 0.375. The number of amides is 1. The van der Waals surface area contributed by atoms with Crippen LogP contribution in [-0.2, 0) is 21.3 Å². The molecule has 0 unspecified atom stereocenters. The number of aromatic amines is 1. The minimum atomic E-state index is -3.73. The highest BCUT2D eigenvalue weighted by Gasteiger charge is 2.19. The molecule has 1 saturated heterocycles. The number of aromatic nitrogens is 2. The summed E-state index contributed by atoms with van der Waals surface area (Å²) in [5.41, 5.74) is 0.941. The number of nitrogens with zero attached hydrogens (tertiary/aromatic N) is 1. The first-order valence-electron chi connectivity index (χ1n) is 8.02. The standard InChI is InChI=1S/C16H20N4O4S/c21-16(17-11-14-4-2-8-24-14)12-3-1-5-15(9-12)25(22,23)19-10-13-6-7-18-20-13/h1,3,5-7,9,14,19H,2,4,8,10-11H2,(H,17,21)(H,18,20)/t14-/m1/s1. The molecule has 0 saturated carbocycles. The quantitative estimate of drug-likeness (QED) is 0.672. The molecular weight excluding hydrogens is 344 g/mol. The Morgan fingerprint density at radius 2 is 2.24 bits per heavy atom. The molecule has 3 rings (SSSR count). The lowest BCUT2D eigenvalue weighted by molar-refractivity contribution is 0.0857. The van der Waals surface area contributed by atoms with Gasteiger partial charge < -0.3 is 10.1 Å². The second-order valence-electron chi connectivity index (χ2n) is 5.78. The first-order chi connectivity index (χ1) is 12.0. The van der Waals surface area contributed by atoms with Crippen LogP contribution in [0.3, 0.4) is 0 Å². The first kappa shape index (κ1) is 17.6. The van der Waals surface area contributed by atoms with E-state index in [2.05, 4.69) is 20.2 Å². The average Bonchev–Trinajstić information content (AvgIpc) is 3.31. The number of carbonyl (C=O) groups excluding carboxylic acids is 1. The lowest BCUT2D eigenvalue weighted by Gasteiger charge is -2.11. The average molecular weight is 364 g/mol. The molecule has 9 heteroatoms. The van der Waals surface area contributed by atoms with Gasteiger partial charge in [-0.2, -0.15) is 5.10 Å². The molecule has 2 aromatic rings. The molecule has 0 radical (unpaired) electrons. The van der Waals surface area contributed by atoms with Crippen molar-refractivity contribution in [3.05, 3.63) is 47.8 Å². The maximum Gasteiger partial charge on any atom is 0.251 e. The summed E-state index contributed by atoms with van der Waals surface area (Å²) in [6.45, 7) is 1.24. The summed E-state index contributed by atoms with van der Waals surface area (Å²) in [7, 11) is -3.73. The van der Waals surface area contributed by atoms with Crippen LogP contribution >= 0.6 is 0 Å². The van der Waals surface area contributed by atoms with Gasteiger partial charge in [0.15, 0.2) is 0 Å². The van der Waals surface area contributed by atoms with Gasteiger partial charge in [0.05, 0.1) is 23.2 Å². The van der Waals surface area contributed by atoms with Crippen molar-refractivity contribution in [1.82, 2.24) is 20.2 Å². The van der Waals surface area contributed by atoms with Gasteiger partial charge in [-0.05, 0) is 37.1 Å². The third kappa shape index (κ3) is 4.65. The van der Waals surface area contributed by atoms with E-state index in [0.717, 1.165) is 19.4 Å². The molecule has 0 aliphatic carbocycles. The van der Waals surface area contributed by atoms with Crippen LogP contribution in [0.5, 0.6) is 0 Å². The zero-order valence-corrected chi connectivity index (χ0v) is 14.4. The number of H-pyrrole nitrogens is 1. The SMILES string of the molecule is O=C(NC[C@H]1CCCO1)c1cccc(S(=O)(=O)NCc2ccn[nH]2)c1. The summed E-state index contributed by atoms with van der Waals surface area (Å²) in [6, 6.07) is 7.62. The number of sulfonamides is 1. The zero-order valence-electron chi connectivity index (χ0n) is 13.6. The Morgan fingerprint density at radius 1 is 1.36 bits per heavy atom. The van der Waals surface area contributed by atoms with Crippen LogP contribution in [0.25, 0.3) is 0 Å². The van der Waals surface area contributed by atoms with Gasteiger partial charge in [0, 0.05) is 24.9 Å². The van der Waals surface area contributed by atoms with Crippen LogP contribution in [-0.4, -0.2) is 43.8 Å². The van der Waals surface area contributed by atoms with E-state index < -0.39 is 10.0 Å². The number of rotatable bonds is 7. The highest BCUT2D eigenvalue weighted by Crippen LogP contribution is 2.13. The number of carbonyl (C=O) groups is 1. The fourth-order valence-corrected chi connectivity index (χ4v) is 3.61. The summed E-state index contributed by atoms with van der Waals surface area (Å²) in [6.07, 6.45) is 3.50. The van der Waals surface area contributed by atoms with E-state index in [0.29, 0.717) is 17.8 Å². The van der Waals surface area contributed by atoms with E-state index in [1.165, 1.54) is 12.1 Å². The summed E-state index contributed by atoms with van der Waals surface area (Å²) in [5.74, 6) is -0.318. The Hall–Kier alpha value is -2.23. The molecule has 1 aromatic heterocycles. The van der Waals surface area contributed by atoms with E-state index in [9.17, 15) is 13.2 Å². The van der Waals surface area contributed by atoms with Crippen LogP contribution < -0.4 is 10.0 Å². The molecule has 25 heavy (non-hydrogen) atoms. The van der Waals surface area contributed by atoms with Gasteiger partial charge in [-0.3, -0.25) is 9.89 Å². The Labute approximate surface area is 146 Å². The van der Waals surface area contributed by atoms with Crippen molar-refractivity contribution in [3.8, 4) is 0 Å². The molecule has 1 fully saturated rings. The fourth-order valence-electron chi connectivity index (χ4n) is 2.56. The Morgan fingerprint density at radius 3 is 2.96 bits per heavy atom. The molecule has 1 atom stereocenters. The van der Waals surface area contributed by atoms with Gasteiger partial charge in [-0.1, -0.05) is 6.07 Å². The maximum atomic E-state index is 12.4. The molecule has 8 nitrogen and oxygen atoms in total. The lowest BCUT2D eigenvalue weighted by Crippen LogP contribution is -2.32. The molecule has 0 bridgehead atoms. The smallest absolute Gasteiger partial charge is 0.251 e. The van der Waals surface area contributed by atoms with Gasteiger partial charge in [-0.15, -0.1) is 0 Å². The van der Waals surface area contributed by atoms with Gasteiger partial charge in [0.25, 0.3) is 5.91 Å². The van der Waals surface area contributed by atoms with Crippen LogP contribution in [0.1, 0.15) is 28.9 Å². The lowest BCUT2D eigenvalue weighted by atomic mass is 10.2. The Bertz CT molecular complexity index is 814. The van der Waals surface area contributed by atoms with Crippen molar-refractivity contribution in [2.75, 3.05) is 13.2 Å². The van der Waals surface area contributed by atoms with Gasteiger partial charge in [0.1, 0.15) is 0 Å². The largest absolute Gasteiger partial charge is 0.376 e. The molecular formula is C16H20N4O4S. The predicted molar refractivity (Wildman–Crippen MR) is 90.4 cm³/mol. The van der Waals surface area contributed by atoms with E-state index in [-0.39, 0.29) is 23.5 Å². The minimum Gasteiger partial charge on any atom is -0.376 e. The Kier molecular flexibility index (Phi) is 5.47. The van der Waals surface area contributed by atoms with Gasteiger partial charge in [0.2, 0.25) is 10.0 Å². The van der Waals surface area contributed by atoms with Gasteiger partial charge in [-0.25, -0.2) is 13.1 Å². The number of hydrogen-bond donors (Lipinski definition) is 3. The summed E-state index contributed by atoms with van der Waals surface area (Å²) in [4.78, 5) is 12.3. The van der Waals surface area contributed by atoms with E-state index in [1.807, 2.05) is 0 Å². The number of nitrogens with one attached hydrogen (secondary N) is 3. The maximum absolute atomic E-state index is 12.4. The van der Waals surface area contributed by atoms with E-state index in [1.54, 1.807) is 24.4 Å². The summed E-state index contributed by atoms with van der Waals surface area (Å²) < 4.78 is 32.7. The van der Waals surface area contributed by atoms with E-state index >= 15 is 0 Å². The van der Waals surface area contributed by atoms with Crippen molar-refractivity contribution in [1.29, 1.82) is 0 Å². The molecule has 2 heterocycles. The van der Waals surface area contributed by atoms with Crippen molar-refractivity contribution < 1.29 is 17.9 Å². The van der Waals surface area contributed by atoms with Crippen molar-refractivity contribution in [2.24, 2.45) is 0 Å². The number of ether oxygens (including phenoxy) is 1. The van der Waals surface area contributed by atoms with Gasteiger partial charge >= 0.3 is 0 Å². The van der Waals surface area contributed by atoms with Crippen molar-refractivity contribution in [2.45, 2.75) is 30.4 Å². The molecule has 1 amide bonds. The zero-order chi connectivity index (χ0) is 17.7. The highest BCUT2D eigenvalue weighted by molar-refractivity contribution is 7.89. The normalized spacial score (nSPS) is 17.5. The molecule has 134 valence electrons. The summed E-state index contributed by atoms with van der Waals surface area (Å²) in [5, 5.41) is 9.23. The van der Waals surface area contributed by atoms with Crippen LogP contribution in [0, 0.1) is 0 Å². The second-order valence-corrected chi connectivity index (χ2v) is 7.55.